The number of benzene rings is 4. The maximum Gasteiger partial charge on any atom is 0.310 e. The molecule has 1 aliphatic carbocycles. The zero-order valence-electron chi connectivity index (χ0n) is 18.8. The second kappa shape index (κ2) is 6.47. The Morgan fingerprint density at radius 1 is 0.719 bits per heavy atom. The van der Waals surface area contributed by atoms with Crippen molar-refractivity contribution in [2.24, 2.45) is 0 Å². The molecule has 1 aromatic heterocycles. The molecule has 4 heteroatoms. The Bertz CT molecular complexity index is 1540. The largest absolute Gasteiger partial charge is 0.456 e. The van der Waals surface area contributed by atoms with E-state index in [2.05, 4.69) is 54.6 Å². The van der Waals surface area contributed by atoms with Crippen molar-refractivity contribution in [2.45, 2.75) is 38.9 Å². The molecule has 32 heavy (non-hydrogen) atoms. The summed E-state index contributed by atoms with van der Waals surface area (Å²) in [5, 5.41) is 15.3. The van der Waals surface area contributed by atoms with E-state index in [1.165, 1.54) is 38.4 Å². The first kappa shape index (κ1) is 19.6. The van der Waals surface area contributed by atoms with Gasteiger partial charge in [0.2, 0.25) is 0 Å². The average Bonchev–Trinajstić information content (AvgIpc) is 3.29. The SMILES string of the molecule is CC(C)(O)C(C)(C)OBc1ccc2c3c(cccc13)-c1c-2ccc2oc3ccccc3c12. The molecule has 0 spiro atoms. The maximum absolute atomic E-state index is 10.5. The van der Waals surface area contributed by atoms with Crippen LogP contribution in [0.3, 0.4) is 0 Å². The minimum absolute atomic E-state index is 0.442. The van der Waals surface area contributed by atoms with Crippen molar-refractivity contribution in [1.29, 1.82) is 0 Å². The molecule has 0 aliphatic heterocycles. The van der Waals surface area contributed by atoms with Crippen LogP contribution in [0.25, 0.3) is 55.0 Å². The third-order valence-electron chi connectivity index (χ3n) is 7.30. The molecule has 0 saturated heterocycles. The van der Waals surface area contributed by atoms with Gasteiger partial charge in [0.05, 0.1) is 11.2 Å². The molecule has 4 aromatic carbocycles. The molecule has 0 amide bonds. The van der Waals surface area contributed by atoms with Gasteiger partial charge in [0.25, 0.3) is 0 Å². The lowest BCUT2D eigenvalue weighted by atomic mass is 9.79. The van der Waals surface area contributed by atoms with Crippen LogP contribution in [0, 0.1) is 0 Å². The van der Waals surface area contributed by atoms with E-state index in [-0.39, 0.29) is 0 Å². The van der Waals surface area contributed by atoms with Crippen LogP contribution in [-0.2, 0) is 4.65 Å². The van der Waals surface area contributed by atoms with Crippen molar-refractivity contribution >= 4 is 45.7 Å². The number of rotatable bonds is 4. The summed E-state index contributed by atoms with van der Waals surface area (Å²) in [4.78, 5) is 0. The Kier molecular flexibility index (Phi) is 3.96. The van der Waals surface area contributed by atoms with E-state index in [9.17, 15) is 5.11 Å². The van der Waals surface area contributed by atoms with Crippen LogP contribution < -0.4 is 5.46 Å². The fraction of sp³-hybridized carbons (Fsp3) is 0.214. The van der Waals surface area contributed by atoms with Gasteiger partial charge in [-0.15, -0.1) is 0 Å². The number of para-hydroxylation sites is 1. The van der Waals surface area contributed by atoms with Gasteiger partial charge in [-0.05, 0) is 78.8 Å². The lowest BCUT2D eigenvalue weighted by Crippen LogP contribution is -2.49. The van der Waals surface area contributed by atoms with Gasteiger partial charge in [0.15, 0.2) is 0 Å². The highest BCUT2D eigenvalue weighted by molar-refractivity contribution is 6.52. The highest BCUT2D eigenvalue weighted by atomic mass is 16.5. The maximum atomic E-state index is 10.5. The van der Waals surface area contributed by atoms with Crippen LogP contribution in [0.4, 0.5) is 0 Å². The van der Waals surface area contributed by atoms with Crippen LogP contribution in [0.5, 0.6) is 0 Å². The Balaban J connectivity index is 1.55. The summed E-state index contributed by atoms with van der Waals surface area (Å²) < 4.78 is 12.4. The Morgan fingerprint density at radius 2 is 1.47 bits per heavy atom. The second-order valence-electron chi connectivity index (χ2n) is 9.82. The summed E-state index contributed by atoms with van der Waals surface area (Å²) in [5.41, 5.74) is 6.36. The number of fused-ring (bicyclic) bond motifs is 7. The van der Waals surface area contributed by atoms with Gasteiger partial charge in [0.1, 0.15) is 11.2 Å². The zero-order chi connectivity index (χ0) is 22.3. The molecule has 0 saturated carbocycles. The van der Waals surface area contributed by atoms with Crippen LogP contribution in [0.1, 0.15) is 27.7 Å². The monoisotopic (exact) mass is 420 g/mol. The summed E-state index contributed by atoms with van der Waals surface area (Å²) in [6.07, 6.45) is 0. The summed E-state index contributed by atoms with van der Waals surface area (Å²) in [5.74, 6) is 0. The highest BCUT2D eigenvalue weighted by Crippen LogP contribution is 2.51. The summed E-state index contributed by atoms with van der Waals surface area (Å²) in [6.45, 7) is 7.45. The molecular weight excluding hydrogens is 395 g/mol. The van der Waals surface area contributed by atoms with Gasteiger partial charge in [-0.1, -0.05) is 48.5 Å². The molecule has 1 heterocycles. The third kappa shape index (κ3) is 2.63. The predicted octanol–water partition coefficient (Wildman–Crippen LogP) is 5.93. The third-order valence-corrected chi connectivity index (χ3v) is 7.30. The molecule has 3 nitrogen and oxygen atoms in total. The van der Waals surface area contributed by atoms with Crippen LogP contribution in [0.2, 0.25) is 0 Å². The van der Waals surface area contributed by atoms with E-state index in [4.69, 9.17) is 9.07 Å². The first-order valence-corrected chi connectivity index (χ1v) is 11.1. The fourth-order valence-corrected chi connectivity index (χ4v) is 4.78. The van der Waals surface area contributed by atoms with Crippen LogP contribution >= 0.6 is 0 Å². The molecule has 6 rings (SSSR count). The average molecular weight is 420 g/mol. The molecule has 1 N–H and O–H groups in total. The van der Waals surface area contributed by atoms with E-state index in [0.717, 1.165) is 22.0 Å². The quantitative estimate of drug-likeness (QED) is 0.360. The smallest absolute Gasteiger partial charge is 0.310 e. The molecule has 1 aliphatic rings. The van der Waals surface area contributed by atoms with Gasteiger partial charge in [-0.2, -0.15) is 0 Å². The molecule has 0 bridgehead atoms. The number of aliphatic hydroxyl groups is 1. The minimum atomic E-state index is -0.938. The van der Waals surface area contributed by atoms with Gasteiger partial charge in [0, 0.05) is 16.3 Å². The minimum Gasteiger partial charge on any atom is -0.456 e. The van der Waals surface area contributed by atoms with E-state index >= 15 is 0 Å². The normalized spacial score (nSPS) is 13.3. The standard InChI is InChI=1S/C28H25BO3/c1-27(2,30)28(3,4)32-29-21-14-12-16-17-13-15-23-26(19-8-5-6-11-22(19)31-23)25(17)20-10-7-9-18(21)24(16)20/h5-15,29-30H,1-4H3. The van der Waals surface area contributed by atoms with Gasteiger partial charge in [-0.25, -0.2) is 0 Å². The molecule has 5 aromatic rings. The van der Waals surface area contributed by atoms with Crippen LogP contribution in [-0.4, -0.2) is 23.8 Å². The Hall–Kier alpha value is -3.08. The highest BCUT2D eigenvalue weighted by Gasteiger charge is 2.36. The van der Waals surface area contributed by atoms with E-state index in [1.54, 1.807) is 13.8 Å². The summed E-state index contributed by atoms with van der Waals surface area (Å²) in [7, 11) is 0.442. The zero-order valence-corrected chi connectivity index (χ0v) is 18.8. The van der Waals surface area contributed by atoms with Gasteiger partial charge < -0.3 is 14.2 Å². The van der Waals surface area contributed by atoms with Crippen molar-refractivity contribution < 1.29 is 14.2 Å². The molecule has 0 radical (unpaired) electrons. The predicted molar refractivity (Wildman–Crippen MR) is 134 cm³/mol. The lowest BCUT2D eigenvalue weighted by Gasteiger charge is -2.37. The van der Waals surface area contributed by atoms with Crippen molar-refractivity contribution in [3.63, 3.8) is 0 Å². The summed E-state index contributed by atoms with van der Waals surface area (Å²) in [6, 6.07) is 23.4. The summed E-state index contributed by atoms with van der Waals surface area (Å²) >= 11 is 0. The topological polar surface area (TPSA) is 42.6 Å². The molecule has 0 atom stereocenters. The first-order valence-electron chi connectivity index (χ1n) is 11.1. The lowest BCUT2D eigenvalue weighted by molar-refractivity contribution is -0.0893. The van der Waals surface area contributed by atoms with E-state index < -0.39 is 11.2 Å². The number of hydrogen-bond acceptors (Lipinski definition) is 3. The second-order valence-corrected chi connectivity index (χ2v) is 9.82. The fourth-order valence-electron chi connectivity index (χ4n) is 4.78. The Labute approximate surface area is 187 Å². The molecule has 0 unspecified atom stereocenters. The Morgan fingerprint density at radius 3 is 2.28 bits per heavy atom. The molecular formula is C28H25BO3. The molecule has 0 fully saturated rings. The van der Waals surface area contributed by atoms with Crippen molar-refractivity contribution in [1.82, 2.24) is 0 Å². The van der Waals surface area contributed by atoms with E-state index in [1.807, 2.05) is 26.0 Å². The molecule has 158 valence electrons. The van der Waals surface area contributed by atoms with Crippen molar-refractivity contribution in [3.05, 3.63) is 66.7 Å². The van der Waals surface area contributed by atoms with Crippen LogP contribution in [0.15, 0.2) is 71.1 Å². The number of hydrogen-bond donors (Lipinski definition) is 1. The first-order chi connectivity index (χ1) is 15.3. The van der Waals surface area contributed by atoms with Gasteiger partial charge in [-0.3, -0.25) is 0 Å². The number of furan rings is 1. The van der Waals surface area contributed by atoms with Crippen molar-refractivity contribution in [3.8, 4) is 22.3 Å². The van der Waals surface area contributed by atoms with Crippen molar-refractivity contribution in [2.75, 3.05) is 0 Å². The van der Waals surface area contributed by atoms with E-state index in [0.29, 0.717) is 7.48 Å². The van der Waals surface area contributed by atoms with Gasteiger partial charge >= 0.3 is 7.48 Å².